The van der Waals surface area contributed by atoms with Gasteiger partial charge in [-0.05, 0) is 66.7 Å². The molecule has 0 bridgehead atoms. The van der Waals surface area contributed by atoms with Crippen LogP contribution in [0.25, 0.3) is 16.7 Å². The van der Waals surface area contributed by atoms with E-state index in [1.807, 2.05) is 12.2 Å². The Balaban J connectivity index is 1.84. The second kappa shape index (κ2) is 8.69. The quantitative estimate of drug-likeness (QED) is 0.296. The van der Waals surface area contributed by atoms with E-state index in [2.05, 4.69) is 6.58 Å². The lowest BCUT2D eigenvalue weighted by atomic mass is 9.77. The summed E-state index contributed by atoms with van der Waals surface area (Å²) in [6.45, 7) is 5.44. The Morgan fingerprint density at radius 1 is 0.939 bits per heavy atom. The fraction of sp³-hybridized carbons (Fsp3) is 0.407. The van der Waals surface area contributed by atoms with E-state index in [0.29, 0.717) is 30.8 Å². The highest BCUT2D eigenvalue weighted by atomic mass is 19.3. The van der Waals surface area contributed by atoms with Gasteiger partial charge in [0.1, 0.15) is 11.6 Å². The summed E-state index contributed by atoms with van der Waals surface area (Å²) in [6, 6.07) is 5.10. The number of halogens is 6. The van der Waals surface area contributed by atoms with Crippen molar-refractivity contribution in [1.29, 1.82) is 0 Å². The van der Waals surface area contributed by atoms with E-state index < -0.39 is 34.6 Å². The molecule has 0 heterocycles. The lowest BCUT2D eigenvalue weighted by molar-refractivity contribution is -0.227. The number of alkyl halides is 4. The van der Waals surface area contributed by atoms with E-state index in [1.165, 1.54) is 24.3 Å². The molecule has 0 saturated heterocycles. The Kier molecular flexibility index (Phi) is 6.23. The number of hydrogen-bond acceptors (Lipinski definition) is 0. The van der Waals surface area contributed by atoms with Gasteiger partial charge in [-0.15, -0.1) is 6.58 Å². The molecule has 2 aromatic rings. The Hall–Kier alpha value is -2.50. The fourth-order valence-electron chi connectivity index (χ4n) is 5.03. The predicted octanol–water partition coefficient (Wildman–Crippen LogP) is 8.93. The SMILES string of the molecule is C=CCCC1CC=C(c2ccc3c(c2F)C(F)(F)C(F)(F)c2c-3ccc(CCC)c2F)CC1. The monoisotopic (exact) mass is 464 g/mol. The second-order valence-corrected chi connectivity index (χ2v) is 8.95. The van der Waals surface area contributed by atoms with Crippen LogP contribution in [0.2, 0.25) is 0 Å². The molecular weight excluding hydrogens is 438 g/mol. The van der Waals surface area contributed by atoms with Crippen LogP contribution in [-0.4, -0.2) is 0 Å². The molecule has 2 aliphatic carbocycles. The number of rotatable bonds is 6. The van der Waals surface area contributed by atoms with Crippen molar-refractivity contribution in [2.75, 3.05) is 0 Å². The minimum absolute atomic E-state index is 0.0503. The lowest BCUT2D eigenvalue weighted by Gasteiger charge is -2.36. The normalized spacial score (nSPS) is 20.6. The number of benzene rings is 2. The first-order valence-corrected chi connectivity index (χ1v) is 11.4. The van der Waals surface area contributed by atoms with Gasteiger partial charge in [-0.2, -0.15) is 17.6 Å². The molecule has 0 fully saturated rings. The zero-order valence-corrected chi connectivity index (χ0v) is 18.5. The zero-order chi connectivity index (χ0) is 24.0. The summed E-state index contributed by atoms with van der Waals surface area (Å²) in [7, 11) is 0. The molecule has 33 heavy (non-hydrogen) atoms. The van der Waals surface area contributed by atoms with Gasteiger partial charge in [0.25, 0.3) is 0 Å². The minimum atomic E-state index is -4.89. The van der Waals surface area contributed by atoms with E-state index in [1.54, 1.807) is 6.92 Å². The van der Waals surface area contributed by atoms with E-state index in [4.69, 9.17) is 0 Å². The Morgan fingerprint density at radius 2 is 1.55 bits per heavy atom. The first-order chi connectivity index (χ1) is 15.6. The van der Waals surface area contributed by atoms with Crippen molar-refractivity contribution >= 4 is 5.57 Å². The summed E-state index contributed by atoms with van der Waals surface area (Å²) in [5.41, 5.74) is -3.06. The van der Waals surface area contributed by atoms with Crippen molar-refractivity contribution in [2.24, 2.45) is 5.92 Å². The van der Waals surface area contributed by atoms with Gasteiger partial charge in [-0.1, -0.05) is 49.8 Å². The second-order valence-electron chi connectivity index (χ2n) is 8.95. The molecule has 0 radical (unpaired) electrons. The Labute approximate surface area is 190 Å². The van der Waals surface area contributed by atoms with Gasteiger partial charge in [0.2, 0.25) is 0 Å². The van der Waals surface area contributed by atoms with Crippen LogP contribution >= 0.6 is 0 Å². The standard InChI is InChI=1S/C27H26F6/c1-3-5-7-16-8-10-17(11-9-16)19-14-15-21-20-13-12-18(6-4-2)24(28)22(20)26(30,31)27(32,33)23(21)25(19)29/h3,10,12-16H,1,4-9,11H2,2H3. The van der Waals surface area contributed by atoms with Crippen LogP contribution in [0.15, 0.2) is 43.0 Å². The number of fused-ring (bicyclic) bond motifs is 3. The molecule has 0 nitrogen and oxygen atoms in total. The number of aryl methyl sites for hydroxylation is 1. The summed E-state index contributed by atoms with van der Waals surface area (Å²) in [6.07, 6.45) is 7.95. The van der Waals surface area contributed by atoms with Gasteiger partial charge < -0.3 is 0 Å². The summed E-state index contributed by atoms with van der Waals surface area (Å²) < 4.78 is 91.0. The average molecular weight is 464 g/mol. The highest BCUT2D eigenvalue weighted by Crippen LogP contribution is 2.60. The van der Waals surface area contributed by atoms with E-state index >= 15 is 22.0 Å². The van der Waals surface area contributed by atoms with Crippen LogP contribution in [-0.2, 0) is 18.3 Å². The average Bonchev–Trinajstić information content (AvgIpc) is 2.78. The molecule has 176 valence electrons. The van der Waals surface area contributed by atoms with Crippen LogP contribution in [0, 0.1) is 17.6 Å². The topological polar surface area (TPSA) is 0 Å². The lowest BCUT2D eigenvalue weighted by Crippen LogP contribution is -2.41. The molecule has 0 aliphatic heterocycles. The Morgan fingerprint density at radius 3 is 2.12 bits per heavy atom. The third kappa shape index (κ3) is 3.71. The molecule has 2 aliphatic rings. The summed E-state index contributed by atoms with van der Waals surface area (Å²) >= 11 is 0. The molecule has 6 heteroatoms. The van der Waals surface area contributed by atoms with Crippen molar-refractivity contribution in [2.45, 2.75) is 63.7 Å². The molecule has 2 aromatic carbocycles. The molecule has 0 N–H and O–H groups in total. The van der Waals surface area contributed by atoms with Crippen molar-refractivity contribution < 1.29 is 26.3 Å². The molecule has 1 unspecified atom stereocenters. The summed E-state index contributed by atoms with van der Waals surface area (Å²) in [5.74, 6) is -12.1. The number of hydrogen-bond donors (Lipinski definition) is 0. The molecular formula is C27H26F6. The van der Waals surface area contributed by atoms with Crippen LogP contribution < -0.4 is 0 Å². The largest absolute Gasteiger partial charge is 0.343 e. The van der Waals surface area contributed by atoms with Crippen LogP contribution in [0.5, 0.6) is 0 Å². The highest BCUT2D eigenvalue weighted by Gasteiger charge is 2.65. The molecule has 0 saturated carbocycles. The van der Waals surface area contributed by atoms with Gasteiger partial charge in [0.15, 0.2) is 0 Å². The van der Waals surface area contributed by atoms with Crippen molar-refractivity contribution in [1.82, 2.24) is 0 Å². The van der Waals surface area contributed by atoms with Crippen LogP contribution in [0.4, 0.5) is 26.3 Å². The van der Waals surface area contributed by atoms with Crippen LogP contribution in [0.1, 0.15) is 67.7 Å². The van der Waals surface area contributed by atoms with E-state index in [9.17, 15) is 4.39 Å². The van der Waals surface area contributed by atoms with Gasteiger partial charge >= 0.3 is 11.8 Å². The first-order valence-electron chi connectivity index (χ1n) is 11.4. The summed E-state index contributed by atoms with van der Waals surface area (Å²) in [5, 5.41) is 0. The van der Waals surface area contributed by atoms with Crippen molar-refractivity contribution in [3.8, 4) is 11.1 Å². The molecule has 4 rings (SSSR count). The fourth-order valence-corrected chi connectivity index (χ4v) is 5.03. The maximum atomic E-state index is 15.5. The minimum Gasteiger partial charge on any atom is -0.206 e. The smallest absolute Gasteiger partial charge is 0.206 e. The summed E-state index contributed by atoms with van der Waals surface area (Å²) in [4.78, 5) is 0. The predicted molar refractivity (Wildman–Crippen MR) is 118 cm³/mol. The van der Waals surface area contributed by atoms with Gasteiger partial charge in [-0.25, -0.2) is 8.78 Å². The third-order valence-corrected chi connectivity index (χ3v) is 6.84. The zero-order valence-electron chi connectivity index (χ0n) is 18.5. The number of allylic oxidation sites excluding steroid dienone is 3. The van der Waals surface area contributed by atoms with Crippen LogP contribution in [0.3, 0.4) is 0 Å². The molecule has 0 aromatic heterocycles. The maximum Gasteiger partial charge on any atom is 0.343 e. The van der Waals surface area contributed by atoms with Gasteiger partial charge in [0, 0.05) is 5.56 Å². The molecule has 0 amide bonds. The van der Waals surface area contributed by atoms with Gasteiger partial charge in [-0.3, -0.25) is 0 Å². The highest BCUT2D eigenvalue weighted by molar-refractivity contribution is 5.80. The van der Waals surface area contributed by atoms with E-state index in [0.717, 1.165) is 19.3 Å². The molecule has 1 atom stereocenters. The van der Waals surface area contributed by atoms with Crippen molar-refractivity contribution in [3.05, 3.63) is 76.9 Å². The van der Waals surface area contributed by atoms with E-state index in [-0.39, 0.29) is 28.7 Å². The Bertz CT molecular complexity index is 1110. The third-order valence-electron chi connectivity index (χ3n) is 6.84. The molecule has 0 spiro atoms. The van der Waals surface area contributed by atoms with Gasteiger partial charge in [0.05, 0.1) is 11.1 Å². The first kappa shape index (κ1) is 23.7. The van der Waals surface area contributed by atoms with Crippen molar-refractivity contribution in [3.63, 3.8) is 0 Å². The maximum absolute atomic E-state index is 15.5.